The number of halogens is 1. The number of H-pyrrole nitrogens is 1. The number of fused-ring (bicyclic) bond motifs is 1. The smallest absolute Gasteiger partial charge is 0.345 e. The van der Waals surface area contributed by atoms with Gasteiger partial charge in [0.1, 0.15) is 5.82 Å². The monoisotopic (exact) mass is 248 g/mol. The van der Waals surface area contributed by atoms with Gasteiger partial charge in [-0.05, 0) is 31.0 Å². The molecule has 0 spiro atoms. The lowest BCUT2D eigenvalue weighted by Gasteiger charge is -2.22. The Morgan fingerprint density at radius 2 is 2.11 bits per heavy atom. The first kappa shape index (κ1) is 11.3. The van der Waals surface area contributed by atoms with Crippen LogP contribution in [0, 0.1) is 5.82 Å². The molecule has 1 aromatic heterocycles. The summed E-state index contributed by atoms with van der Waals surface area (Å²) in [5.41, 5.74) is 0.949. The van der Waals surface area contributed by atoms with Gasteiger partial charge in [-0.15, -0.1) is 0 Å². The van der Waals surface area contributed by atoms with Crippen LogP contribution in [0.2, 0.25) is 0 Å². The van der Waals surface area contributed by atoms with E-state index in [1.165, 1.54) is 12.1 Å². The lowest BCUT2D eigenvalue weighted by atomic mass is 9.93. The molecule has 1 N–H and O–H groups in total. The van der Waals surface area contributed by atoms with Crippen LogP contribution in [0.3, 0.4) is 0 Å². The van der Waals surface area contributed by atoms with Crippen LogP contribution in [0.15, 0.2) is 23.0 Å². The Labute approximate surface area is 103 Å². The Morgan fingerprint density at radius 3 is 2.89 bits per heavy atom. The van der Waals surface area contributed by atoms with Crippen molar-refractivity contribution < 1.29 is 9.13 Å². The summed E-state index contributed by atoms with van der Waals surface area (Å²) in [6.07, 6.45) is 1.68. The fourth-order valence-corrected chi connectivity index (χ4v) is 2.45. The van der Waals surface area contributed by atoms with Crippen molar-refractivity contribution in [1.82, 2.24) is 9.97 Å². The summed E-state index contributed by atoms with van der Waals surface area (Å²) < 4.78 is 18.6. The van der Waals surface area contributed by atoms with Gasteiger partial charge in [0.2, 0.25) is 0 Å². The van der Waals surface area contributed by atoms with Crippen LogP contribution < -0.4 is 5.69 Å². The van der Waals surface area contributed by atoms with E-state index >= 15 is 0 Å². The van der Waals surface area contributed by atoms with Crippen molar-refractivity contribution in [2.75, 3.05) is 13.2 Å². The molecule has 0 saturated carbocycles. The second-order valence-electron chi connectivity index (χ2n) is 4.50. The minimum Gasteiger partial charge on any atom is -0.381 e. The predicted octanol–water partition coefficient (Wildman–Crippen LogP) is 1.96. The molecule has 0 radical (unpaired) electrons. The maximum Gasteiger partial charge on any atom is 0.345 e. The minimum atomic E-state index is -0.379. The Morgan fingerprint density at radius 1 is 1.33 bits per heavy atom. The normalized spacial score (nSPS) is 17.2. The quantitative estimate of drug-likeness (QED) is 0.839. The lowest BCUT2D eigenvalue weighted by Crippen LogP contribution is -2.20. The van der Waals surface area contributed by atoms with Gasteiger partial charge in [0.15, 0.2) is 0 Å². The zero-order valence-electron chi connectivity index (χ0n) is 9.78. The molecule has 1 aliphatic rings. The van der Waals surface area contributed by atoms with E-state index in [9.17, 15) is 9.18 Å². The summed E-state index contributed by atoms with van der Waals surface area (Å²) in [5, 5.41) is 0.696. The van der Waals surface area contributed by atoms with Gasteiger partial charge < -0.3 is 9.72 Å². The molecule has 0 bridgehead atoms. The molecule has 94 valence electrons. The Bertz CT molecular complexity index is 632. The number of nitrogens with one attached hydrogen (secondary N) is 1. The maximum absolute atomic E-state index is 13.3. The molecule has 1 fully saturated rings. The number of ether oxygens (including phenoxy) is 1. The highest BCUT2D eigenvalue weighted by atomic mass is 19.1. The van der Waals surface area contributed by atoms with Crippen LogP contribution in [-0.4, -0.2) is 23.2 Å². The van der Waals surface area contributed by atoms with Gasteiger partial charge in [0, 0.05) is 30.2 Å². The van der Waals surface area contributed by atoms with Crippen molar-refractivity contribution in [3.8, 4) is 0 Å². The van der Waals surface area contributed by atoms with Crippen LogP contribution in [0.1, 0.15) is 24.5 Å². The average molecular weight is 248 g/mol. The van der Waals surface area contributed by atoms with Crippen LogP contribution in [0.4, 0.5) is 4.39 Å². The first-order valence-electron chi connectivity index (χ1n) is 6.01. The van der Waals surface area contributed by atoms with Crippen LogP contribution in [0.25, 0.3) is 10.9 Å². The number of hydrogen-bond donors (Lipinski definition) is 1. The third kappa shape index (κ3) is 2.01. The number of nitrogens with zero attached hydrogens (tertiary/aromatic N) is 1. The second-order valence-corrected chi connectivity index (χ2v) is 4.50. The van der Waals surface area contributed by atoms with Gasteiger partial charge in [-0.1, -0.05) is 0 Å². The molecule has 2 aromatic rings. The Balaban J connectivity index is 2.19. The summed E-state index contributed by atoms with van der Waals surface area (Å²) in [6, 6.07) is 4.30. The summed E-state index contributed by atoms with van der Waals surface area (Å²) in [7, 11) is 0. The predicted molar refractivity (Wildman–Crippen MR) is 65.1 cm³/mol. The molecule has 3 rings (SSSR count). The van der Waals surface area contributed by atoms with E-state index in [2.05, 4.69) is 9.97 Å². The highest BCUT2D eigenvalue weighted by Gasteiger charge is 2.19. The molecule has 5 heteroatoms. The summed E-state index contributed by atoms with van der Waals surface area (Å²) in [5.74, 6) is -0.108. The fourth-order valence-electron chi connectivity index (χ4n) is 2.45. The Hall–Kier alpha value is -1.75. The fraction of sp³-hybridized carbons (Fsp3) is 0.385. The molecule has 0 amide bonds. The Kier molecular flexibility index (Phi) is 2.83. The second kappa shape index (κ2) is 4.49. The molecule has 0 aliphatic carbocycles. The SMILES string of the molecule is O=c1nc2ccc(F)cc2c(C2CCOCC2)[nH]1. The highest BCUT2D eigenvalue weighted by molar-refractivity contribution is 5.81. The topological polar surface area (TPSA) is 55.0 Å². The first-order valence-corrected chi connectivity index (χ1v) is 6.01. The largest absolute Gasteiger partial charge is 0.381 e. The molecular weight excluding hydrogens is 235 g/mol. The van der Waals surface area contributed by atoms with Crippen molar-refractivity contribution in [2.24, 2.45) is 0 Å². The lowest BCUT2D eigenvalue weighted by molar-refractivity contribution is 0.0847. The van der Waals surface area contributed by atoms with Gasteiger partial charge >= 0.3 is 5.69 Å². The summed E-state index contributed by atoms with van der Waals surface area (Å²) >= 11 is 0. The first-order chi connectivity index (χ1) is 8.74. The molecule has 1 aliphatic heterocycles. The number of rotatable bonds is 1. The van der Waals surface area contributed by atoms with Crippen molar-refractivity contribution in [3.63, 3.8) is 0 Å². The molecule has 2 heterocycles. The van der Waals surface area contributed by atoms with Crippen molar-refractivity contribution >= 4 is 10.9 Å². The van der Waals surface area contributed by atoms with E-state index in [0.29, 0.717) is 24.1 Å². The van der Waals surface area contributed by atoms with Crippen LogP contribution >= 0.6 is 0 Å². The number of benzene rings is 1. The van der Waals surface area contributed by atoms with E-state index < -0.39 is 0 Å². The van der Waals surface area contributed by atoms with Crippen molar-refractivity contribution in [3.05, 3.63) is 40.2 Å². The zero-order valence-corrected chi connectivity index (χ0v) is 9.78. The van der Waals surface area contributed by atoms with E-state index in [4.69, 9.17) is 4.74 Å². The molecular formula is C13H13FN2O2. The number of aromatic nitrogens is 2. The zero-order chi connectivity index (χ0) is 12.5. The van der Waals surface area contributed by atoms with Gasteiger partial charge in [-0.3, -0.25) is 0 Å². The van der Waals surface area contributed by atoms with Gasteiger partial charge in [0.25, 0.3) is 0 Å². The van der Waals surface area contributed by atoms with Gasteiger partial charge in [0.05, 0.1) is 5.52 Å². The average Bonchev–Trinajstić information content (AvgIpc) is 2.39. The molecule has 0 unspecified atom stereocenters. The van der Waals surface area contributed by atoms with Crippen LogP contribution in [0.5, 0.6) is 0 Å². The number of aromatic amines is 1. The van der Waals surface area contributed by atoms with E-state index in [-0.39, 0.29) is 17.4 Å². The third-order valence-electron chi connectivity index (χ3n) is 3.34. The third-order valence-corrected chi connectivity index (χ3v) is 3.34. The standard InChI is InChI=1S/C13H13FN2O2/c14-9-1-2-11-10(7-9)12(16-13(17)15-11)8-3-5-18-6-4-8/h1-2,7-8H,3-6H2,(H,15,16,17). The maximum atomic E-state index is 13.3. The minimum absolute atomic E-state index is 0.207. The molecule has 18 heavy (non-hydrogen) atoms. The molecule has 1 saturated heterocycles. The van der Waals surface area contributed by atoms with E-state index in [1.807, 2.05) is 0 Å². The molecule has 1 aromatic carbocycles. The molecule has 0 atom stereocenters. The number of hydrogen-bond acceptors (Lipinski definition) is 3. The van der Waals surface area contributed by atoms with Crippen molar-refractivity contribution in [2.45, 2.75) is 18.8 Å². The van der Waals surface area contributed by atoms with Gasteiger partial charge in [-0.2, -0.15) is 4.98 Å². The van der Waals surface area contributed by atoms with Crippen molar-refractivity contribution in [1.29, 1.82) is 0 Å². The molecule has 4 nitrogen and oxygen atoms in total. The van der Waals surface area contributed by atoms with E-state index in [1.54, 1.807) is 6.07 Å². The highest BCUT2D eigenvalue weighted by Crippen LogP contribution is 2.29. The summed E-state index contributed by atoms with van der Waals surface area (Å²) in [6.45, 7) is 1.34. The summed E-state index contributed by atoms with van der Waals surface area (Å²) in [4.78, 5) is 18.2. The van der Waals surface area contributed by atoms with Gasteiger partial charge in [-0.25, -0.2) is 9.18 Å². The van der Waals surface area contributed by atoms with E-state index in [0.717, 1.165) is 18.5 Å². The van der Waals surface area contributed by atoms with Crippen LogP contribution in [-0.2, 0) is 4.74 Å².